The van der Waals surface area contributed by atoms with Gasteiger partial charge in [-0.1, -0.05) is 45.4 Å². The van der Waals surface area contributed by atoms with Crippen molar-refractivity contribution in [2.45, 2.75) is 97.9 Å². The fourth-order valence-electron chi connectivity index (χ4n) is 3.29. The Balaban J connectivity index is 3.04. The van der Waals surface area contributed by atoms with Crippen LogP contribution in [0.15, 0.2) is 36.0 Å². The maximum Gasteiger partial charge on any atom is 0.193 e. The predicted octanol–water partition coefficient (Wildman–Crippen LogP) is 6.99. The SMILES string of the molecule is C=C[C@](C)(CCC=C(C)C)CC1=CC(=O)C[C@@]1(C)O[Si](C)(C)C(C)(C)C. The van der Waals surface area contributed by atoms with E-state index in [4.69, 9.17) is 4.43 Å². The number of hydrogen-bond donors (Lipinski definition) is 0. The highest BCUT2D eigenvalue weighted by Gasteiger charge is 2.47. The van der Waals surface area contributed by atoms with Crippen LogP contribution in [0.2, 0.25) is 18.1 Å². The van der Waals surface area contributed by atoms with Crippen molar-refractivity contribution in [3.8, 4) is 0 Å². The summed E-state index contributed by atoms with van der Waals surface area (Å²) in [5.74, 6) is 0.192. The Hall–Kier alpha value is -0.933. The van der Waals surface area contributed by atoms with Crippen LogP contribution >= 0.6 is 0 Å². The van der Waals surface area contributed by atoms with Gasteiger partial charge in [-0.25, -0.2) is 0 Å². The highest BCUT2D eigenvalue weighted by molar-refractivity contribution is 6.74. The summed E-state index contributed by atoms with van der Waals surface area (Å²) in [6.07, 6.45) is 9.55. The summed E-state index contributed by atoms with van der Waals surface area (Å²) in [7, 11) is -1.97. The molecular formula is C23H40O2Si. The summed E-state index contributed by atoms with van der Waals surface area (Å²) in [6.45, 7) is 24.0. The van der Waals surface area contributed by atoms with Crippen LogP contribution in [-0.4, -0.2) is 19.7 Å². The first-order valence-electron chi connectivity index (χ1n) is 9.85. The van der Waals surface area contributed by atoms with Gasteiger partial charge < -0.3 is 4.43 Å². The molecule has 0 saturated heterocycles. The zero-order chi connectivity index (χ0) is 20.4. The highest BCUT2D eigenvalue weighted by atomic mass is 28.4. The Kier molecular flexibility index (Phi) is 7.09. The van der Waals surface area contributed by atoms with Gasteiger partial charge in [0.2, 0.25) is 0 Å². The second kappa shape index (κ2) is 7.98. The van der Waals surface area contributed by atoms with Crippen LogP contribution in [0.25, 0.3) is 0 Å². The van der Waals surface area contributed by atoms with Crippen molar-refractivity contribution in [2.24, 2.45) is 5.41 Å². The third kappa shape index (κ3) is 5.78. The van der Waals surface area contributed by atoms with E-state index in [1.807, 2.05) is 6.08 Å². The zero-order valence-electron chi connectivity index (χ0n) is 18.6. The second-order valence-electron chi connectivity index (χ2n) is 10.3. The molecule has 2 atom stereocenters. The maximum atomic E-state index is 12.3. The van der Waals surface area contributed by atoms with Gasteiger partial charge in [0.05, 0.1) is 5.60 Å². The fourth-order valence-corrected chi connectivity index (χ4v) is 4.92. The van der Waals surface area contributed by atoms with Crippen LogP contribution in [0, 0.1) is 5.41 Å². The molecular weight excluding hydrogens is 336 g/mol. The molecule has 0 spiro atoms. The Morgan fingerprint density at radius 3 is 2.35 bits per heavy atom. The number of ketones is 1. The third-order valence-corrected chi connectivity index (χ3v) is 10.7. The molecule has 3 heteroatoms. The van der Waals surface area contributed by atoms with Crippen molar-refractivity contribution >= 4 is 14.1 Å². The van der Waals surface area contributed by atoms with Gasteiger partial charge in [0.15, 0.2) is 14.1 Å². The van der Waals surface area contributed by atoms with Gasteiger partial charge >= 0.3 is 0 Å². The Labute approximate surface area is 162 Å². The van der Waals surface area contributed by atoms with Crippen molar-refractivity contribution in [1.29, 1.82) is 0 Å². The van der Waals surface area contributed by atoms with Gasteiger partial charge in [-0.15, -0.1) is 6.58 Å². The number of carbonyl (C=O) groups excluding carboxylic acids is 1. The van der Waals surface area contributed by atoms with Gasteiger partial charge in [-0.3, -0.25) is 4.79 Å². The van der Waals surface area contributed by atoms with Crippen molar-refractivity contribution in [1.82, 2.24) is 0 Å². The van der Waals surface area contributed by atoms with Crippen LogP contribution in [-0.2, 0) is 9.22 Å². The quantitative estimate of drug-likeness (QED) is 0.337. The molecule has 0 unspecified atom stereocenters. The van der Waals surface area contributed by atoms with E-state index in [2.05, 4.69) is 80.3 Å². The molecule has 0 aliphatic heterocycles. The van der Waals surface area contributed by atoms with E-state index < -0.39 is 13.9 Å². The minimum Gasteiger partial charge on any atom is -0.407 e. The average molecular weight is 377 g/mol. The molecule has 0 aromatic heterocycles. The van der Waals surface area contributed by atoms with Crippen LogP contribution in [0.4, 0.5) is 0 Å². The van der Waals surface area contributed by atoms with Gasteiger partial charge in [-0.05, 0) is 75.2 Å². The zero-order valence-corrected chi connectivity index (χ0v) is 19.6. The van der Waals surface area contributed by atoms with Crippen molar-refractivity contribution in [2.75, 3.05) is 0 Å². The van der Waals surface area contributed by atoms with Crippen LogP contribution in [0.5, 0.6) is 0 Å². The standard InChI is InChI=1S/C23H40O2Si/c1-11-22(7,14-12-13-18(2)3)16-19-15-20(24)17-23(19,8)25-26(9,10)21(4,5)6/h11,13,15H,1,12,14,16-17H2,2-10H3/t22-,23-/m1/s1. The van der Waals surface area contributed by atoms with Crippen LogP contribution in [0.1, 0.15) is 74.1 Å². The molecule has 0 amide bonds. The van der Waals surface area contributed by atoms with Gasteiger partial charge in [0.25, 0.3) is 0 Å². The smallest absolute Gasteiger partial charge is 0.193 e. The summed E-state index contributed by atoms with van der Waals surface area (Å²) in [5.41, 5.74) is 1.99. The lowest BCUT2D eigenvalue weighted by Crippen LogP contribution is -2.49. The molecule has 148 valence electrons. The minimum absolute atomic E-state index is 0.0273. The molecule has 0 saturated carbocycles. The number of carbonyl (C=O) groups is 1. The van der Waals surface area contributed by atoms with E-state index in [0.29, 0.717) is 6.42 Å². The molecule has 0 fully saturated rings. The lowest BCUT2D eigenvalue weighted by molar-refractivity contribution is -0.116. The lowest BCUT2D eigenvalue weighted by Gasteiger charge is -2.44. The summed E-state index contributed by atoms with van der Waals surface area (Å²) >= 11 is 0. The summed E-state index contributed by atoms with van der Waals surface area (Å²) < 4.78 is 6.77. The van der Waals surface area contributed by atoms with E-state index in [1.54, 1.807) is 0 Å². The van der Waals surface area contributed by atoms with E-state index in [1.165, 1.54) is 5.57 Å². The number of rotatable bonds is 8. The molecule has 0 heterocycles. The highest BCUT2D eigenvalue weighted by Crippen LogP contribution is 2.47. The third-order valence-electron chi connectivity index (χ3n) is 6.17. The number of allylic oxidation sites excluding steroid dienone is 4. The normalized spacial score (nSPS) is 23.4. The molecule has 1 aliphatic rings. The Morgan fingerprint density at radius 1 is 1.31 bits per heavy atom. The summed E-state index contributed by atoms with van der Waals surface area (Å²) in [5, 5.41) is 0.123. The summed E-state index contributed by atoms with van der Waals surface area (Å²) in [6, 6.07) is 0. The first-order valence-corrected chi connectivity index (χ1v) is 12.8. The van der Waals surface area contributed by atoms with E-state index >= 15 is 0 Å². The summed E-state index contributed by atoms with van der Waals surface area (Å²) in [4.78, 5) is 12.3. The number of hydrogen-bond acceptors (Lipinski definition) is 2. The van der Waals surface area contributed by atoms with Crippen LogP contribution < -0.4 is 0 Å². The predicted molar refractivity (Wildman–Crippen MR) is 116 cm³/mol. The first-order chi connectivity index (χ1) is 11.6. The maximum absolute atomic E-state index is 12.3. The first kappa shape index (κ1) is 23.1. The van der Waals surface area contributed by atoms with Crippen molar-refractivity contribution in [3.63, 3.8) is 0 Å². The van der Waals surface area contributed by atoms with Crippen molar-refractivity contribution < 1.29 is 9.22 Å². The van der Waals surface area contributed by atoms with Gasteiger partial charge in [-0.2, -0.15) is 0 Å². The van der Waals surface area contributed by atoms with E-state index in [0.717, 1.165) is 24.8 Å². The van der Waals surface area contributed by atoms with Crippen LogP contribution in [0.3, 0.4) is 0 Å². The molecule has 0 radical (unpaired) electrons. The van der Waals surface area contributed by atoms with E-state index in [9.17, 15) is 4.79 Å². The fraction of sp³-hybridized carbons (Fsp3) is 0.696. The van der Waals surface area contributed by atoms with Crippen molar-refractivity contribution in [3.05, 3.63) is 36.0 Å². The minimum atomic E-state index is -1.97. The molecule has 0 aromatic carbocycles. The Bertz CT molecular complexity index is 602. The second-order valence-corrected chi connectivity index (χ2v) is 15.0. The van der Waals surface area contributed by atoms with E-state index in [-0.39, 0.29) is 16.2 Å². The largest absolute Gasteiger partial charge is 0.407 e. The topological polar surface area (TPSA) is 26.3 Å². The monoisotopic (exact) mass is 376 g/mol. The molecule has 2 nitrogen and oxygen atoms in total. The lowest BCUT2D eigenvalue weighted by atomic mass is 9.76. The molecule has 0 N–H and O–H groups in total. The molecule has 26 heavy (non-hydrogen) atoms. The molecule has 0 aromatic rings. The van der Waals surface area contributed by atoms with Gasteiger partial charge in [0, 0.05) is 6.42 Å². The molecule has 1 aliphatic carbocycles. The Morgan fingerprint density at radius 2 is 1.88 bits per heavy atom. The molecule has 0 bridgehead atoms. The average Bonchev–Trinajstić information content (AvgIpc) is 2.70. The molecule has 1 rings (SSSR count). The van der Waals surface area contributed by atoms with Gasteiger partial charge in [0.1, 0.15) is 0 Å².